The number of ether oxygens (including phenoxy) is 2. The molecule has 1 fully saturated rings. The molecule has 0 radical (unpaired) electrons. The van der Waals surface area contributed by atoms with E-state index in [0.29, 0.717) is 6.61 Å². The lowest BCUT2D eigenvalue weighted by Gasteiger charge is -2.30. The molecule has 4 nitrogen and oxygen atoms in total. The summed E-state index contributed by atoms with van der Waals surface area (Å²) in [5.41, 5.74) is 7.60. The molecule has 94 valence electrons. The van der Waals surface area contributed by atoms with Crippen LogP contribution in [0.4, 0.5) is 5.69 Å². The zero-order chi connectivity index (χ0) is 12.3. The van der Waals surface area contributed by atoms with Gasteiger partial charge in [-0.15, -0.1) is 0 Å². The number of nitrogen functional groups attached to an aromatic ring is 1. The van der Waals surface area contributed by atoms with Gasteiger partial charge in [0.1, 0.15) is 18.5 Å². The normalized spacial score (nSPS) is 21.4. The molecule has 1 aromatic rings. The van der Waals surface area contributed by atoms with Crippen LogP contribution in [0.2, 0.25) is 0 Å². The van der Waals surface area contributed by atoms with E-state index in [-0.39, 0.29) is 6.10 Å². The summed E-state index contributed by atoms with van der Waals surface area (Å²) in [4.78, 5) is 2.25. The average Bonchev–Trinajstić information content (AvgIpc) is 2.31. The van der Waals surface area contributed by atoms with Crippen LogP contribution in [0, 0.1) is 6.92 Å². The molecule has 0 saturated carbocycles. The number of nitrogens with two attached hydrogens (primary N) is 1. The molecule has 1 heterocycles. The zero-order valence-corrected chi connectivity index (χ0v) is 10.5. The first-order valence-electron chi connectivity index (χ1n) is 5.95. The van der Waals surface area contributed by atoms with Gasteiger partial charge < -0.3 is 20.1 Å². The van der Waals surface area contributed by atoms with E-state index in [9.17, 15) is 0 Å². The summed E-state index contributed by atoms with van der Waals surface area (Å²) in [5, 5.41) is 0. The van der Waals surface area contributed by atoms with Crippen LogP contribution in [0.15, 0.2) is 18.2 Å². The van der Waals surface area contributed by atoms with Crippen molar-refractivity contribution in [2.45, 2.75) is 13.0 Å². The Morgan fingerprint density at radius 1 is 1.53 bits per heavy atom. The molecule has 1 unspecified atom stereocenters. The lowest BCUT2D eigenvalue weighted by molar-refractivity contribution is -0.0404. The number of nitrogens with zero attached hydrogens (tertiary/aromatic N) is 1. The van der Waals surface area contributed by atoms with Gasteiger partial charge in [-0.1, -0.05) is 6.07 Å². The topological polar surface area (TPSA) is 47.7 Å². The summed E-state index contributed by atoms with van der Waals surface area (Å²) < 4.78 is 11.4. The van der Waals surface area contributed by atoms with Crippen LogP contribution >= 0.6 is 0 Å². The fourth-order valence-electron chi connectivity index (χ4n) is 1.94. The maximum Gasteiger partial charge on any atom is 0.124 e. The predicted molar refractivity (Wildman–Crippen MR) is 68.3 cm³/mol. The molecule has 0 bridgehead atoms. The predicted octanol–water partition coefficient (Wildman–Crippen LogP) is 1.29. The second-order valence-corrected chi connectivity index (χ2v) is 4.54. The molecule has 0 aliphatic carbocycles. The molecule has 1 saturated heterocycles. The monoisotopic (exact) mass is 236 g/mol. The van der Waals surface area contributed by atoms with Gasteiger partial charge in [-0.3, -0.25) is 0 Å². The van der Waals surface area contributed by atoms with E-state index < -0.39 is 0 Å². The van der Waals surface area contributed by atoms with Crippen LogP contribution in [0.3, 0.4) is 0 Å². The van der Waals surface area contributed by atoms with E-state index in [2.05, 4.69) is 11.9 Å². The third kappa shape index (κ3) is 3.11. The SMILES string of the molecule is Cc1c(N)cccc1OCC1CN(C)CCO1. The molecule has 0 aromatic heterocycles. The summed E-state index contributed by atoms with van der Waals surface area (Å²) in [7, 11) is 2.10. The number of morpholine rings is 1. The smallest absolute Gasteiger partial charge is 0.124 e. The molecule has 0 spiro atoms. The minimum Gasteiger partial charge on any atom is -0.490 e. The Morgan fingerprint density at radius 3 is 3.12 bits per heavy atom. The van der Waals surface area contributed by atoms with Crippen molar-refractivity contribution in [1.82, 2.24) is 4.90 Å². The van der Waals surface area contributed by atoms with Gasteiger partial charge in [0, 0.05) is 24.3 Å². The molecule has 2 N–H and O–H groups in total. The van der Waals surface area contributed by atoms with Gasteiger partial charge in [0.25, 0.3) is 0 Å². The van der Waals surface area contributed by atoms with Gasteiger partial charge in [-0.2, -0.15) is 0 Å². The van der Waals surface area contributed by atoms with Crippen molar-refractivity contribution < 1.29 is 9.47 Å². The number of rotatable bonds is 3. The Bertz CT molecular complexity index is 382. The minimum atomic E-state index is 0.148. The van der Waals surface area contributed by atoms with Crippen molar-refractivity contribution in [1.29, 1.82) is 0 Å². The molecular formula is C13H20N2O2. The van der Waals surface area contributed by atoms with E-state index in [1.807, 2.05) is 25.1 Å². The standard InChI is InChI=1S/C13H20N2O2/c1-10-12(14)4-3-5-13(10)17-9-11-8-15(2)6-7-16-11/h3-5,11H,6-9,14H2,1-2H3. The highest BCUT2D eigenvalue weighted by Crippen LogP contribution is 2.23. The van der Waals surface area contributed by atoms with Crippen LogP contribution in [-0.4, -0.2) is 44.4 Å². The Labute approximate surface area is 102 Å². The van der Waals surface area contributed by atoms with Crippen molar-refractivity contribution in [3.8, 4) is 5.75 Å². The van der Waals surface area contributed by atoms with Crippen LogP contribution in [0.5, 0.6) is 5.75 Å². The molecule has 1 aliphatic rings. The largest absolute Gasteiger partial charge is 0.490 e. The van der Waals surface area contributed by atoms with Gasteiger partial charge in [-0.25, -0.2) is 0 Å². The molecule has 17 heavy (non-hydrogen) atoms. The Morgan fingerprint density at radius 2 is 2.35 bits per heavy atom. The number of benzene rings is 1. The fourth-order valence-corrected chi connectivity index (χ4v) is 1.94. The highest BCUT2D eigenvalue weighted by molar-refractivity contribution is 5.53. The van der Waals surface area contributed by atoms with Crippen LogP contribution in [0.25, 0.3) is 0 Å². The van der Waals surface area contributed by atoms with Gasteiger partial charge in [0.2, 0.25) is 0 Å². The number of hydrogen-bond acceptors (Lipinski definition) is 4. The minimum absolute atomic E-state index is 0.148. The maximum atomic E-state index is 5.83. The van der Waals surface area contributed by atoms with Gasteiger partial charge in [-0.05, 0) is 26.1 Å². The van der Waals surface area contributed by atoms with Crippen LogP contribution < -0.4 is 10.5 Å². The third-order valence-electron chi connectivity index (χ3n) is 3.09. The summed E-state index contributed by atoms with van der Waals surface area (Å²) in [6.07, 6.45) is 0.148. The van der Waals surface area contributed by atoms with Crippen molar-refractivity contribution >= 4 is 5.69 Å². The summed E-state index contributed by atoms with van der Waals surface area (Å²) in [6, 6.07) is 5.73. The van der Waals surface area contributed by atoms with Gasteiger partial charge >= 0.3 is 0 Å². The first-order valence-corrected chi connectivity index (χ1v) is 5.95. The summed E-state index contributed by atoms with van der Waals surface area (Å²) in [6.45, 7) is 5.24. The molecular weight excluding hydrogens is 216 g/mol. The average molecular weight is 236 g/mol. The van der Waals surface area contributed by atoms with E-state index in [1.165, 1.54) is 0 Å². The van der Waals surface area contributed by atoms with Crippen LogP contribution in [-0.2, 0) is 4.74 Å². The molecule has 2 rings (SSSR count). The Kier molecular flexibility index (Phi) is 3.86. The van der Waals surface area contributed by atoms with Crippen LogP contribution in [0.1, 0.15) is 5.56 Å². The second kappa shape index (κ2) is 5.38. The Hall–Kier alpha value is -1.26. The summed E-state index contributed by atoms with van der Waals surface area (Å²) in [5.74, 6) is 0.849. The van der Waals surface area contributed by atoms with Crippen molar-refractivity contribution in [2.75, 3.05) is 39.1 Å². The van der Waals surface area contributed by atoms with Crippen molar-refractivity contribution in [2.24, 2.45) is 0 Å². The number of likely N-dealkylation sites (N-methyl/N-ethyl adjacent to an activating group) is 1. The van der Waals surface area contributed by atoms with Crippen molar-refractivity contribution in [3.05, 3.63) is 23.8 Å². The second-order valence-electron chi connectivity index (χ2n) is 4.54. The highest BCUT2D eigenvalue weighted by atomic mass is 16.5. The highest BCUT2D eigenvalue weighted by Gasteiger charge is 2.18. The molecule has 1 atom stereocenters. The molecule has 0 amide bonds. The molecule has 1 aliphatic heterocycles. The van der Waals surface area contributed by atoms with Gasteiger partial charge in [0.05, 0.1) is 6.61 Å². The lowest BCUT2D eigenvalue weighted by atomic mass is 10.2. The van der Waals surface area contributed by atoms with Gasteiger partial charge in [0.15, 0.2) is 0 Å². The molecule has 4 heteroatoms. The molecule has 1 aromatic carbocycles. The van der Waals surface area contributed by atoms with E-state index in [4.69, 9.17) is 15.2 Å². The van der Waals surface area contributed by atoms with Crippen molar-refractivity contribution in [3.63, 3.8) is 0 Å². The summed E-state index contributed by atoms with van der Waals surface area (Å²) >= 11 is 0. The zero-order valence-electron chi connectivity index (χ0n) is 10.5. The number of anilines is 1. The Balaban J connectivity index is 1.91. The maximum absolute atomic E-state index is 5.83. The van der Waals surface area contributed by atoms with E-state index >= 15 is 0 Å². The third-order valence-corrected chi connectivity index (χ3v) is 3.09. The van der Waals surface area contributed by atoms with E-state index in [1.54, 1.807) is 0 Å². The quantitative estimate of drug-likeness (QED) is 0.803. The first kappa shape index (κ1) is 12.2. The fraction of sp³-hybridized carbons (Fsp3) is 0.538. The van der Waals surface area contributed by atoms with E-state index in [0.717, 1.165) is 36.7 Å². The number of hydrogen-bond donors (Lipinski definition) is 1. The first-order chi connectivity index (χ1) is 8.16. The lowest BCUT2D eigenvalue weighted by Crippen LogP contribution is -2.42.